The standard InChI is InChI=1S/C16H21N3O3/c1-11(16(21)19-6-8-22-9-7-19)17-13-3-4-14-12(10-13)2-5-15(20)18-14/h3-4,10-11,17H,2,5-9H2,1H3,(H,18,20)/t11-/m0/s1. The Bertz CT molecular complexity index is 582. The van der Waals surface area contributed by atoms with Gasteiger partial charge in [-0.1, -0.05) is 0 Å². The van der Waals surface area contributed by atoms with Gasteiger partial charge in [-0.3, -0.25) is 9.59 Å². The predicted octanol–water partition coefficient (Wildman–Crippen LogP) is 1.23. The van der Waals surface area contributed by atoms with Gasteiger partial charge in [-0.2, -0.15) is 0 Å². The molecular formula is C16H21N3O3. The van der Waals surface area contributed by atoms with Gasteiger partial charge in [0.1, 0.15) is 6.04 Å². The second-order valence-corrected chi connectivity index (χ2v) is 5.72. The Morgan fingerprint density at radius 2 is 2.09 bits per heavy atom. The topological polar surface area (TPSA) is 70.7 Å². The summed E-state index contributed by atoms with van der Waals surface area (Å²) in [5, 5.41) is 6.11. The molecule has 1 aromatic rings. The molecule has 118 valence electrons. The Morgan fingerprint density at radius 3 is 2.86 bits per heavy atom. The molecule has 1 saturated heterocycles. The molecule has 2 N–H and O–H groups in total. The molecule has 0 bridgehead atoms. The molecule has 0 aliphatic carbocycles. The molecule has 6 heteroatoms. The minimum atomic E-state index is -0.283. The molecule has 0 spiro atoms. The number of nitrogens with zero attached hydrogens (tertiary/aromatic N) is 1. The number of amides is 2. The van der Waals surface area contributed by atoms with E-state index in [4.69, 9.17) is 4.74 Å². The molecule has 1 atom stereocenters. The van der Waals surface area contributed by atoms with E-state index >= 15 is 0 Å². The maximum atomic E-state index is 12.4. The first-order chi connectivity index (χ1) is 10.6. The van der Waals surface area contributed by atoms with Crippen molar-refractivity contribution in [1.82, 2.24) is 4.90 Å². The third-order valence-corrected chi connectivity index (χ3v) is 4.08. The molecule has 2 amide bonds. The number of fused-ring (bicyclic) bond motifs is 1. The lowest BCUT2D eigenvalue weighted by atomic mass is 10.0. The molecule has 0 saturated carbocycles. The fourth-order valence-electron chi connectivity index (χ4n) is 2.84. The zero-order chi connectivity index (χ0) is 15.5. The average Bonchev–Trinajstić information content (AvgIpc) is 2.55. The van der Waals surface area contributed by atoms with E-state index in [1.54, 1.807) is 0 Å². The number of benzene rings is 1. The lowest BCUT2D eigenvalue weighted by molar-refractivity contribution is -0.135. The van der Waals surface area contributed by atoms with Gasteiger partial charge in [-0.05, 0) is 37.1 Å². The molecule has 3 rings (SSSR count). The summed E-state index contributed by atoms with van der Waals surface area (Å²) in [7, 11) is 0. The number of hydrogen-bond donors (Lipinski definition) is 2. The second-order valence-electron chi connectivity index (χ2n) is 5.72. The number of morpholine rings is 1. The Labute approximate surface area is 129 Å². The van der Waals surface area contributed by atoms with Gasteiger partial charge < -0.3 is 20.3 Å². The molecule has 1 aromatic carbocycles. The Hall–Kier alpha value is -2.08. The largest absolute Gasteiger partial charge is 0.378 e. The third-order valence-electron chi connectivity index (χ3n) is 4.08. The second kappa shape index (κ2) is 6.36. The van der Waals surface area contributed by atoms with E-state index in [1.165, 1.54) is 0 Å². The molecule has 22 heavy (non-hydrogen) atoms. The van der Waals surface area contributed by atoms with E-state index in [9.17, 15) is 9.59 Å². The van der Waals surface area contributed by atoms with Crippen LogP contribution in [-0.4, -0.2) is 49.1 Å². The van der Waals surface area contributed by atoms with Crippen molar-refractivity contribution in [2.75, 3.05) is 36.9 Å². The van der Waals surface area contributed by atoms with Crippen LogP contribution in [-0.2, 0) is 20.7 Å². The highest BCUT2D eigenvalue weighted by Crippen LogP contribution is 2.26. The summed E-state index contributed by atoms with van der Waals surface area (Å²) in [4.78, 5) is 25.6. The molecule has 0 aromatic heterocycles. The molecule has 2 heterocycles. The maximum absolute atomic E-state index is 12.4. The van der Waals surface area contributed by atoms with Crippen molar-refractivity contribution in [3.05, 3.63) is 23.8 Å². The summed E-state index contributed by atoms with van der Waals surface area (Å²) < 4.78 is 5.27. The van der Waals surface area contributed by atoms with Crippen LogP contribution in [0, 0.1) is 0 Å². The number of carbonyl (C=O) groups is 2. The predicted molar refractivity (Wildman–Crippen MR) is 83.9 cm³/mol. The van der Waals surface area contributed by atoms with Crippen LogP contribution >= 0.6 is 0 Å². The normalized spacial score (nSPS) is 19.1. The first-order valence-corrected chi connectivity index (χ1v) is 7.69. The third kappa shape index (κ3) is 3.22. The van der Waals surface area contributed by atoms with Crippen molar-refractivity contribution < 1.29 is 14.3 Å². The van der Waals surface area contributed by atoms with Crippen LogP contribution in [0.2, 0.25) is 0 Å². The zero-order valence-electron chi connectivity index (χ0n) is 12.7. The molecule has 1 fully saturated rings. The quantitative estimate of drug-likeness (QED) is 0.881. The van der Waals surface area contributed by atoms with Crippen molar-refractivity contribution in [2.45, 2.75) is 25.8 Å². The van der Waals surface area contributed by atoms with Gasteiger partial charge in [-0.15, -0.1) is 0 Å². The van der Waals surface area contributed by atoms with Gasteiger partial charge in [0.05, 0.1) is 13.2 Å². The highest BCUT2D eigenvalue weighted by molar-refractivity contribution is 5.94. The summed E-state index contributed by atoms with van der Waals surface area (Å²) in [6.45, 7) is 4.40. The first-order valence-electron chi connectivity index (χ1n) is 7.69. The van der Waals surface area contributed by atoms with E-state index in [-0.39, 0.29) is 17.9 Å². The van der Waals surface area contributed by atoms with Crippen LogP contribution < -0.4 is 10.6 Å². The van der Waals surface area contributed by atoms with Gasteiger partial charge in [0, 0.05) is 30.9 Å². The number of rotatable bonds is 3. The Kier molecular flexibility index (Phi) is 4.29. The van der Waals surface area contributed by atoms with E-state index < -0.39 is 0 Å². The van der Waals surface area contributed by atoms with Crippen molar-refractivity contribution in [2.24, 2.45) is 0 Å². The van der Waals surface area contributed by atoms with Gasteiger partial charge in [0.25, 0.3) is 0 Å². The number of anilines is 2. The summed E-state index contributed by atoms with van der Waals surface area (Å²) >= 11 is 0. The first kappa shape index (κ1) is 14.8. The molecule has 2 aliphatic heterocycles. The van der Waals surface area contributed by atoms with Crippen LogP contribution in [0.4, 0.5) is 11.4 Å². The smallest absolute Gasteiger partial charge is 0.244 e. The van der Waals surface area contributed by atoms with Crippen LogP contribution in [0.5, 0.6) is 0 Å². The van der Waals surface area contributed by atoms with Gasteiger partial charge in [0.15, 0.2) is 0 Å². The lowest BCUT2D eigenvalue weighted by Crippen LogP contribution is -2.47. The summed E-state index contributed by atoms with van der Waals surface area (Å²) in [5.41, 5.74) is 2.88. The van der Waals surface area contributed by atoms with Crippen LogP contribution in [0.15, 0.2) is 18.2 Å². The average molecular weight is 303 g/mol. The van der Waals surface area contributed by atoms with E-state index in [2.05, 4.69) is 10.6 Å². The molecular weight excluding hydrogens is 282 g/mol. The van der Waals surface area contributed by atoms with E-state index in [0.29, 0.717) is 32.7 Å². The van der Waals surface area contributed by atoms with Gasteiger partial charge in [-0.25, -0.2) is 0 Å². The number of carbonyl (C=O) groups excluding carboxylic acids is 2. The van der Waals surface area contributed by atoms with Crippen molar-refractivity contribution >= 4 is 23.2 Å². The monoisotopic (exact) mass is 303 g/mol. The van der Waals surface area contributed by atoms with E-state index in [1.807, 2.05) is 30.0 Å². The van der Waals surface area contributed by atoms with Crippen molar-refractivity contribution in [1.29, 1.82) is 0 Å². The summed E-state index contributed by atoms with van der Waals surface area (Å²) in [5.74, 6) is 0.151. The molecule has 2 aliphatic rings. The zero-order valence-corrected chi connectivity index (χ0v) is 12.7. The van der Waals surface area contributed by atoms with Gasteiger partial charge in [0.2, 0.25) is 11.8 Å². The fraction of sp³-hybridized carbons (Fsp3) is 0.500. The number of hydrogen-bond acceptors (Lipinski definition) is 4. The lowest BCUT2D eigenvalue weighted by Gasteiger charge is -2.30. The molecule has 0 radical (unpaired) electrons. The minimum absolute atomic E-state index is 0.0593. The molecule has 6 nitrogen and oxygen atoms in total. The minimum Gasteiger partial charge on any atom is -0.378 e. The Morgan fingerprint density at radius 1 is 1.32 bits per heavy atom. The summed E-state index contributed by atoms with van der Waals surface area (Å²) in [6.07, 6.45) is 1.25. The highest BCUT2D eigenvalue weighted by atomic mass is 16.5. The van der Waals surface area contributed by atoms with Crippen LogP contribution in [0.1, 0.15) is 18.9 Å². The Balaban J connectivity index is 1.65. The number of nitrogens with one attached hydrogen (secondary N) is 2. The van der Waals surface area contributed by atoms with E-state index in [0.717, 1.165) is 23.4 Å². The van der Waals surface area contributed by atoms with Crippen molar-refractivity contribution in [3.63, 3.8) is 0 Å². The fourth-order valence-corrected chi connectivity index (χ4v) is 2.84. The number of aryl methyl sites for hydroxylation is 1. The van der Waals surface area contributed by atoms with Crippen LogP contribution in [0.3, 0.4) is 0 Å². The molecule has 0 unspecified atom stereocenters. The highest BCUT2D eigenvalue weighted by Gasteiger charge is 2.22. The van der Waals surface area contributed by atoms with Crippen molar-refractivity contribution in [3.8, 4) is 0 Å². The number of ether oxygens (including phenoxy) is 1. The SMILES string of the molecule is C[C@H](Nc1ccc2c(c1)CCC(=O)N2)C(=O)N1CCOCC1. The van der Waals surface area contributed by atoms with Gasteiger partial charge >= 0.3 is 0 Å². The maximum Gasteiger partial charge on any atom is 0.244 e. The van der Waals surface area contributed by atoms with Crippen LogP contribution in [0.25, 0.3) is 0 Å². The summed E-state index contributed by atoms with van der Waals surface area (Å²) in [6, 6.07) is 5.51.